The summed E-state index contributed by atoms with van der Waals surface area (Å²) in [6, 6.07) is 6.16. The summed E-state index contributed by atoms with van der Waals surface area (Å²) in [7, 11) is -3.48. The molecule has 0 aromatic heterocycles. The molecule has 1 aromatic carbocycles. The predicted molar refractivity (Wildman–Crippen MR) is 71.2 cm³/mol. The highest BCUT2D eigenvalue weighted by Crippen LogP contribution is 2.15. The summed E-state index contributed by atoms with van der Waals surface area (Å²) >= 11 is 11.7. The minimum Gasteiger partial charge on any atom is -0.211 e. The summed E-state index contributed by atoms with van der Waals surface area (Å²) in [5.74, 6) is 0. The molecule has 1 N–H and O–H groups in total. The highest BCUT2D eigenvalue weighted by molar-refractivity contribution is 7.89. The number of alkyl halides is 1. The van der Waals surface area contributed by atoms with E-state index >= 15 is 0 Å². The Morgan fingerprint density at radius 3 is 2.71 bits per heavy atom. The fourth-order valence-electron chi connectivity index (χ4n) is 1.27. The van der Waals surface area contributed by atoms with Crippen molar-refractivity contribution in [3.63, 3.8) is 0 Å². The van der Waals surface area contributed by atoms with Crippen LogP contribution in [-0.4, -0.2) is 20.3 Å². The van der Waals surface area contributed by atoms with Gasteiger partial charge in [-0.2, -0.15) is 0 Å². The molecule has 1 atom stereocenters. The van der Waals surface area contributed by atoms with E-state index < -0.39 is 10.0 Å². The van der Waals surface area contributed by atoms with Crippen LogP contribution in [0.25, 0.3) is 0 Å². The van der Waals surface area contributed by atoms with Gasteiger partial charge in [0.25, 0.3) is 0 Å². The van der Waals surface area contributed by atoms with Gasteiger partial charge in [0.2, 0.25) is 10.0 Å². The van der Waals surface area contributed by atoms with Gasteiger partial charge < -0.3 is 0 Å². The molecule has 0 saturated heterocycles. The molecule has 0 fully saturated rings. The van der Waals surface area contributed by atoms with Crippen molar-refractivity contribution in [1.82, 2.24) is 4.72 Å². The number of hydrogen-bond donors (Lipinski definition) is 1. The second-order valence-corrected chi connectivity index (χ2v) is 6.47. The average molecular weight is 296 g/mol. The molecule has 0 amide bonds. The lowest BCUT2D eigenvalue weighted by atomic mass is 10.2. The summed E-state index contributed by atoms with van der Waals surface area (Å²) in [6.07, 6.45) is 1.43. The molecule has 0 aliphatic heterocycles. The van der Waals surface area contributed by atoms with Crippen molar-refractivity contribution in [2.45, 2.75) is 30.0 Å². The molecular weight excluding hydrogens is 281 g/mol. The van der Waals surface area contributed by atoms with Gasteiger partial charge in [-0.3, -0.25) is 0 Å². The molecule has 6 heteroatoms. The van der Waals surface area contributed by atoms with E-state index in [2.05, 4.69) is 4.72 Å². The van der Waals surface area contributed by atoms with Crippen LogP contribution in [0.15, 0.2) is 29.2 Å². The second kappa shape index (κ2) is 6.59. The normalized spacial score (nSPS) is 13.6. The van der Waals surface area contributed by atoms with Crippen LogP contribution in [0.3, 0.4) is 0 Å². The van der Waals surface area contributed by atoms with Crippen molar-refractivity contribution < 1.29 is 8.42 Å². The summed E-state index contributed by atoms with van der Waals surface area (Å²) in [5.41, 5.74) is 0. The maximum atomic E-state index is 11.8. The third kappa shape index (κ3) is 4.84. The van der Waals surface area contributed by atoms with Crippen LogP contribution in [0.2, 0.25) is 5.02 Å². The summed E-state index contributed by atoms with van der Waals surface area (Å²) in [5, 5.41) is 0.397. The average Bonchev–Trinajstić information content (AvgIpc) is 2.28. The number of benzene rings is 1. The van der Waals surface area contributed by atoms with Crippen molar-refractivity contribution in [3.05, 3.63) is 29.3 Å². The molecule has 0 aliphatic carbocycles. The van der Waals surface area contributed by atoms with E-state index in [1.54, 1.807) is 12.1 Å². The zero-order chi connectivity index (χ0) is 12.9. The molecule has 0 heterocycles. The molecule has 96 valence electrons. The summed E-state index contributed by atoms with van der Waals surface area (Å²) < 4.78 is 26.2. The van der Waals surface area contributed by atoms with Gasteiger partial charge in [0.1, 0.15) is 0 Å². The zero-order valence-electron chi connectivity index (χ0n) is 9.49. The van der Waals surface area contributed by atoms with Gasteiger partial charge in [-0.15, -0.1) is 11.6 Å². The van der Waals surface area contributed by atoms with Gasteiger partial charge in [-0.1, -0.05) is 24.6 Å². The molecule has 0 saturated carbocycles. The van der Waals surface area contributed by atoms with Gasteiger partial charge in [0, 0.05) is 16.9 Å². The first-order valence-corrected chi connectivity index (χ1v) is 7.64. The van der Waals surface area contributed by atoms with Gasteiger partial charge in [0.05, 0.1) is 4.90 Å². The van der Waals surface area contributed by atoms with E-state index in [1.165, 1.54) is 12.1 Å². The molecule has 1 rings (SSSR count). The van der Waals surface area contributed by atoms with Crippen molar-refractivity contribution in [3.8, 4) is 0 Å². The Bertz CT molecular complexity index is 462. The summed E-state index contributed by atoms with van der Waals surface area (Å²) in [6.45, 7) is 2.29. The van der Waals surface area contributed by atoms with Crippen LogP contribution >= 0.6 is 23.2 Å². The Kier molecular flexibility index (Phi) is 5.73. The molecule has 0 aliphatic rings. The Labute approximate surface area is 112 Å². The molecule has 1 aromatic rings. The maximum Gasteiger partial charge on any atom is 0.240 e. The van der Waals surface area contributed by atoms with Crippen molar-refractivity contribution in [1.29, 1.82) is 0 Å². The summed E-state index contributed by atoms with van der Waals surface area (Å²) in [4.78, 5) is 0.174. The van der Waals surface area contributed by atoms with Crippen LogP contribution in [0.1, 0.15) is 19.8 Å². The lowest BCUT2D eigenvalue weighted by Gasteiger charge is -2.09. The number of halogens is 2. The lowest BCUT2D eigenvalue weighted by molar-refractivity contribution is 0.576. The zero-order valence-corrected chi connectivity index (χ0v) is 11.8. The topological polar surface area (TPSA) is 46.2 Å². The standard InChI is InChI=1S/C11H15Cl2NO2S/c1-2-9(12)6-7-14-17(15,16)11-5-3-4-10(13)8-11/h3-5,8-9,14H,2,6-7H2,1H3. The van der Waals surface area contributed by atoms with Crippen molar-refractivity contribution >= 4 is 33.2 Å². The largest absolute Gasteiger partial charge is 0.240 e. The van der Waals surface area contributed by atoms with E-state index in [0.717, 1.165) is 6.42 Å². The van der Waals surface area contributed by atoms with E-state index in [1.807, 2.05) is 6.92 Å². The highest BCUT2D eigenvalue weighted by atomic mass is 35.5. The third-order valence-electron chi connectivity index (χ3n) is 2.30. The van der Waals surface area contributed by atoms with E-state index in [-0.39, 0.29) is 10.3 Å². The Morgan fingerprint density at radius 2 is 2.12 bits per heavy atom. The first kappa shape index (κ1) is 14.8. The van der Waals surface area contributed by atoms with Gasteiger partial charge >= 0.3 is 0 Å². The van der Waals surface area contributed by atoms with Crippen molar-refractivity contribution in [2.24, 2.45) is 0 Å². The van der Waals surface area contributed by atoms with E-state index in [0.29, 0.717) is 18.0 Å². The first-order valence-electron chi connectivity index (χ1n) is 5.35. The van der Waals surface area contributed by atoms with E-state index in [4.69, 9.17) is 23.2 Å². The van der Waals surface area contributed by atoms with Crippen LogP contribution in [0.5, 0.6) is 0 Å². The van der Waals surface area contributed by atoms with Gasteiger partial charge in [-0.25, -0.2) is 13.1 Å². The van der Waals surface area contributed by atoms with E-state index in [9.17, 15) is 8.42 Å². The predicted octanol–water partition coefficient (Wildman–Crippen LogP) is 3.03. The fraction of sp³-hybridized carbons (Fsp3) is 0.455. The Morgan fingerprint density at radius 1 is 1.41 bits per heavy atom. The minimum atomic E-state index is -3.48. The highest BCUT2D eigenvalue weighted by Gasteiger charge is 2.14. The fourth-order valence-corrected chi connectivity index (χ4v) is 2.73. The monoisotopic (exact) mass is 295 g/mol. The molecule has 17 heavy (non-hydrogen) atoms. The molecule has 0 spiro atoms. The molecule has 0 radical (unpaired) electrons. The Balaban J connectivity index is 2.63. The smallest absolute Gasteiger partial charge is 0.211 e. The van der Waals surface area contributed by atoms with Crippen LogP contribution in [0.4, 0.5) is 0 Å². The van der Waals surface area contributed by atoms with Gasteiger partial charge in [-0.05, 0) is 31.0 Å². The maximum absolute atomic E-state index is 11.8. The number of rotatable bonds is 6. The Hall–Kier alpha value is -0.290. The number of hydrogen-bond acceptors (Lipinski definition) is 2. The second-order valence-electron chi connectivity index (χ2n) is 3.65. The lowest BCUT2D eigenvalue weighted by Crippen LogP contribution is -2.26. The molecule has 0 bridgehead atoms. The van der Waals surface area contributed by atoms with Crippen molar-refractivity contribution in [2.75, 3.05) is 6.54 Å². The SMILES string of the molecule is CCC(Cl)CCNS(=O)(=O)c1cccc(Cl)c1. The quantitative estimate of drug-likeness (QED) is 0.820. The van der Waals surface area contributed by atoms with Gasteiger partial charge in [0.15, 0.2) is 0 Å². The third-order valence-corrected chi connectivity index (χ3v) is 4.52. The minimum absolute atomic E-state index is 0.00272. The molecular formula is C11H15Cl2NO2S. The number of sulfonamides is 1. The number of nitrogens with one attached hydrogen (secondary N) is 1. The van der Waals surface area contributed by atoms with Crippen LogP contribution in [-0.2, 0) is 10.0 Å². The first-order chi connectivity index (χ1) is 7.95. The molecule has 1 unspecified atom stereocenters. The van der Waals surface area contributed by atoms with Crippen LogP contribution < -0.4 is 4.72 Å². The van der Waals surface area contributed by atoms with Crippen LogP contribution in [0, 0.1) is 0 Å². The molecule has 3 nitrogen and oxygen atoms in total.